The lowest BCUT2D eigenvalue weighted by atomic mass is 10.0. The van der Waals surface area contributed by atoms with Gasteiger partial charge < -0.3 is 15.1 Å². The molecule has 1 amide bonds. The zero-order valence-corrected chi connectivity index (χ0v) is 17.4. The number of amides is 1. The minimum Gasteiger partial charge on any atom is -0.372 e. The molecule has 5 heteroatoms. The Hall–Kier alpha value is -2.82. The van der Waals surface area contributed by atoms with Crippen molar-refractivity contribution >= 4 is 11.7 Å². The Labute approximate surface area is 173 Å². The molecule has 1 aromatic carbocycles. The molecule has 2 aliphatic heterocycles. The lowest BCUT2D eigenvalue weighted by molar-refractivity contribution is -0.130. The van der Waals surface area contributed by atoms with Crippen LogP contribution in [0.3, 0.4) is 0 Å². The second-order valence-electron chi connectivity index (χ2n) is 8.54. The largest absolute Gasteiger partial charge is 0.372 e. The third-order valence-electron chi connectivity index (χ3n) is 6.24. The van der Waals surface area contributed by atoms with Crippen LogP contribution >= 0.6 is 0 Å². The standard InChI is InChI=1S/C24H30N4O/c1-4-25-23-21(8-11-26-23)19(3)27-12-13-28(17-24(16-27)9-10-24)22(29)15-20-7-5-6-18(2)14-20/h4-8,11,14H,1,9-10,12-13,15-17H2,2-3H3,(H,25,26)/b21-19+. The minimum atomic E-state index is 0.241. The fraction of sp³-hybridized carbons (Fsp3) is 0.417. The highest BCUT2D eigenvalue weighted by atomic mass is 16.2. The van der Waals surface area contributed by atoms with E-state index in [0.717, 1.165) is 43.2 Å². The molecule has 1 saturated carbocycles. The maximum atomic E-state index is 13.1. The number of nitrogens with zero attached hydrogens (tertiary/aromatic N) is 3. The van der Waals surface area contributed by atoms with Gasteiger partial charge in [-0.2, -0.15) is 0 Å². The van der Waals surface area contributed by atoms with E-state index >= 15 is 0 Å². The Bertz CT molecular complexity index is 907. The second-order valence-corrected chi connectivity index (χ2v) is 8.54. The average Bonchev–Trinajstić information content (AvgIpc) is 3.36. The maximum absolute atomic E-state index is 13.1. The number of carbonyl (C=O) groups is 1. The van der Waals surface area contributed by atoms with Crippen LogP contribution < -0.4 is 5.32 Å². The van der Waals surface area contributed by atoms with Gasteiger partial charge in [-0.15, -0.1) is 0 Å². The average molecular weight is 391 g/mol. The number of hydrogen-bond acceptors (Lipinski definition) is 4. The van der Waals surface area contributed by atoms with Gasteiger partial charge in [-0.1, -0.05) is 36.4 Å². The molecule has 1 spiro atoms. The van der Waals surface area contributed by atoms with Gasteiger partial charge >= 0.3 is 0 Å². The van der Waals surface area contributed by atoms with E-state index in [1.807, 2.05) is 18.3 Å². The number of rotatable bonds is 4. The third kappa shape index (κ3) is 4.29. The molecule has 1 aromatic rings. The van der Waals surface area contributed by atoms with Gasteiger partial charge in [0, 0.05) is 49.1 Å². The van der Waals surface area contributed by atoms with Crippen LogP contribution in [0.25, 0.3) is 0 Å². The van der Waals surface area contributed by atoms with Crippen molar-refractivity contribution in [2.24, 2.45) is 10.4 Å². The first-order valence-electron chi connectivity index (χ1n) is 10.4. The Morgan fingerprint density at radius 1 is 1.28 bits per heavy atom. The second kappa shape index (κ2) is 7.90. The van der Waals surface area contributed by atoms with E-state index in [1.165, 1.54) is 24.1 Å². The molecular formula is C24H30N4O. The van der Waals surface area contributed by atoms with Crippen molar-refractivity contribution in [3.05, 3.63) is 71.7 Å². The summed E-state index contributed by atoms with van der Waals surface area (Å²) in [6.07, 6.45) is 8.42. The summed E-state index contributed by atoms with van der Waals surface area (Å²) in [5.74, 6) is 1.09. The summed E-state index contributed by atoms with van der Waals surface area (Å²) in [5, 5.41) is 3.13. The van der Waals surface area contributed by atoms with Gasteiger partial charge in [0.05, 0.1) is 6.42 Å². The summed E-state index contributed by atoms with van der Waals surface area (Å²) in [7, 11) is 0. The van der Waals surface area contributed by atoms with E-state index in [4.69, 9.17) is 0 Å². The SMILES string of the molecule is C=CNC1=NC=C/C1=C(/C)N1CCN(C(=O)Cc2cccc(C)c2)CC2(CC2)C1. The summed E-state index contributed by atoms with van der Waals surface area (Å²) in [6, 6.07) is 8.27. The van der Waals surface area contributed by atoms with Gasteiger partial charge in [0.2, 0.25) is 5.91 Å². The number of benzene rings is 1. The molecule has 0 aromatic heterocycles. The van der Waals surface area contributed by atoms with Crippen molar-refractivity contribution < 1.29 is 4.79 Å². The summed E-state index contributed by atoms with van der Waals surface area (Å²) >= 11 is 0. The van der Waals surface area contributed by atoms with Gasteiger partial charge in [-0.05, 0) is 44.5 Å². The smallest absolute Gasteiger partial charge is 0.227 e. The van der Waals surface area contributed by atoms with E-state index in [1.54, 1.807) is 6.20 Å². The molecule has 0 radical (unpaired) electrons. The van der Waals surface area contributed by atoms with E-state index in [0.29, 0.717) is 6.42 Å². The highest BCUT2D eigenvalue weighted by molar-refractivity contribution is 6.04. The predicted molar refractivity (Wildman–Crippen MR) is 117 cm³/mol. The number of carbonyl (C=O) groups excluding carboxylic acids is 1. The van der Waals surface area contributed by atoms with E-state index in [2.05, 4.69) is 58.7 Å². The van der Waals surface area contributed by atoms with Crippen molar-refractivity contribution in [2.45, 2.75) is 33.1 Å². The first kappa shape index (κ1) is 19.5. The normalized spacial score (nSPS) is 21.7. The van der Waals surface area contributed by atoms with Crippen LogP contribution in [-0.2, 0) is 11.2 Å². The molecule has 1 aliphatic carbocycles. The quantitative estimate of drug-likeness (QED) is 0.857. The lowest BCUT2D eigenvalue weighted by Gasteiger charge is -2.27. The highest BCUT2D eigenvalue weighted by Gasteiger charge is 2.47. The molecule has 0 unspecified atom stereocenters. The Morgan fingerprint density at radius 2 is 2.03 bits per heavy atom. The molecule has 4 rings (SSSR count). The van der Waals surface area contributed by atoms with Gasteiger partial charge in [-0.25, -0.2) is 4.99 Å². The molecule has 5 nitrogen and oxygen atoms in total. The van der Waals surface area contributed by atoms with Gasteiger partial charge in [0.25, 0.3) is 0 Å². The van der Waals surface area contributed by atoms with Crippen LogP contribution in [0.4, 0.5) is 0 Å². The molecule has 152 valence electrons. The highest BCUT2D eigenvalue weighted by Crippen LogP contribution is 2.48. The molecular weight excluding hydrogens is 360 g/mol. The summed E-state index contributed by atoms with van der Waals surface area (Å²) in [6.45, 7) is 11.5. The van der Waals surface area contributed by atoms with Crippen molar-refractivity contribution in [2.75, 3.05) is 26.2 Å². The van der Waals surface area contributed by atoms with E-state index < -0.39 is 0 Å². The molecule has 2 heterocycles. The van der Waals surface area contributed by atoms with Crippen LogP contribution in [0.5, 0.6) is 0 Å². The topological polar surface area (TPSA) is 47.9 Å². The van der Waals surface area contributed by atoms with Crippen LogP contribution in [0.2, 0.25) is 0 Å². The fourth-order valence-corrected chi connectivity index (χ4v) is 4.37. The van der Waals surface area contributed by atoms with Crippen molar-refractivity contribution in [1.29, 1.82) is 0 Å². The van der Waals surface area contributed by atoms with E-state index in [9.17, 15) is 4.79 Å². The number of aliphatic imine (C=N–C) groups is 1. The summed E-state index contributed by atoms with van der Waals surface area (Å²) < 4.78 is 0. The molecule has 1 N–H and O–H groups in total. The summed E-state index contributed by atoms with van der Waals surface area (Å²) in [4.78, 5) is 22.0. The number of aryl methyl sites for hydroxylation is 1. The minimum absolute atomic E-state index is 0.241. The monoisotopic (exact) mass is 390 g/mol. The maximum Gasteiger partial charge on any atom is 0.227 e. The van der Waals surface area contributed by atoms with Gasteiger partial charge in [0.1, 0.15) is 5.84 Å². The van der Waals surface area contributed by atoms with Crippen molar-refractivity contribution in [1.82, 2.24) is 15.1 Å². The van der Waals surface area contributed by atoms with Crippen LogP contribution in [-0.4, -0.2) is 47.7 Å². The molecule has 1 saturated heterocycles. The molecule has 2 fully saturated rings. The Kier molecular flexibility index (Phi) is 5.31. The Balaban J connectivity index is 1.49. The number of amidine groups is 1. The van der Waals surface area contributed by atoms with Crippen molar-refractivity contribution in [3.63, 3.8) is 0 Å². The molecule has 0 bridgehead atoms. The van der Waals surface area contributed by atoms with Crippen LogP contribution in [0.1, 0.15) is 30.9 Å². The molecule has 3 aliphatic rings. The third-order valence-corrected chi connectivity index (χ3v) is 6.24. The number of hydrogen-bond donors (Lipinski definition) is 1. The van der Waals surface area contributed by atoms with Crippen LogP contribution in [0.15, 0.2) is 65.6 Å². The van der Waals surface area contributed by atoms with Gasteiger partial charge in [-0.3, -0.25) is 4.79 Å². The summed E-state index contributed by atoms with van der Waals surface area (Å²) in [5.41, 5.74) is 4.87. The number of nitrogens with one attached hydrogen (secondary N) is 1. The zero-order valence-electron chi connectivity index (χ0n) is 17.4. The zero-order chi connectivity index (χ0) is 20.4. The van der Waals surface area contributed by atoms with Crippen LogP contribution in [0, 0.1) is 12.3 Å². The lowest BCUT2D eigenvalue weighted by Crippen LogP contribution is -2.37. The van der Waals surface area contributed by atoms with Gasteiger partial charge in [0.15, 0.2) is 0 Å². The Morgan fingerprint density at radius 3 is 2.76 bits per heavy atom. The first-order chi connectivity index (χ1) is 14.0. The van der Waals surface area contributed by atoms with Crippen molar-refractivity contribution in [3.8, 4) is 0 Å². The predicted octanol–water partition coefficient (Wildman–Crippen LogP) is 3.39. The van der Waals surface area contributed by atoms with E-state index in [-0.39, 0.29) is 11.3 Å². The fourth-order valence-electron chi connectivity index (χ4n) is 4.37. The first-order valence-corrected chi connectivity index (χ1v) is 10.4. The number of allylic oxidation sites excluding steroid dienone is 1. The molecule has 0 atom stereocenters. The molecule has 29 heavy (non-hydrogen) atoms.